The molecule has 0 unspecified atom stereocenters. The molecule has 0 aromatic heterocycles. The van der Waals surface area contributed by atoms with E-state index < -0.39 is 17.5 Å². The summed E-state index contributed by atoms with van der Waals surface area (Å²) < 4.78 is 41.1. The van der Waals surface area contributed by atoms with E-state index in [9.17, 15) is 13.6 Å². The van der Waals surface area contributed by atoms with Crippen molar-refractivity contribution in [1.29, 1.82) is 0 Å². The maximum atomic E-state index is 13.7. The predicted octanol–water partition coefficient (Wildman–Crippen LogP) is 1.97. The van der Waals surface area contributed by atoms with Crippen LogP contribution in [0.4, 0.5) is 8.78 Å². The summed E-state index contributed by atoms with van der Waals surface area (Å²) in [5.74, 6) is -5.34. The van der Waals surface area contributed by atoms with E-state index >= 15 is 0 Å². The van der Waals surface area contributed by atoms with Gasteiger partial charge in [0.05, 0.1) is 26.9 Å². The smallest absolute Gasteiger partial charge is 0.381 e. The topological polar surface area (TPSA) is 44.8 Å². The lowest BCUT2D eigenvalue weighted by molar-refractivity contribution is -0.170. The van der Waals surface area contributed by atoms with E-state index in [0.29, 0.717) is 0 Å². The first-order valence-corrected chi connectivity index (χ1v) is 4.66. The first-order valence-electron chi connectivity index (χ1n) is 4.66. The number of esters is 1. The van der Waals surface area contributed by atoms with Gasteiger partial charge in [0.1, 0.15) is 11.5 Å². The van der Waals surface area contributed by atoms with E-state index in [1.165, 1.54) is 26.4 Å². The Labute approximate surface area is 97.1 Å². The van der Waals surface area contributed by atoms with Gasteiger partial charge >= 0.3 is 11.9 Å². The highest BCUT2D eigenvalue weighted by Crippen LogP contribution is 2.38. The van der Waals surface area contributed by atoms with Crippen molar-refractivity contribution >= 4 is 5.97 Å². The average molecular weight is 246 g/mol. The van der Waals surface area contributed by atoms with Crippen molar-refractivity contribution in [1.82, 2.24) is 0 Å². The molecule has 6 heteroatoms. The number of ether oxygens (including phenoxy) is 3. The quantitative estimate of drug-likeness (QED) is 0.762. The largest absolute Gasteiger partial charge is 0.497 e. The summed E-state index contributed by atoms with van der Waals surface area (Å²) in [6.07, 6.45) is 0. The zero-order chi connectivity index (χ0) is 13.1. The third-order valence-corrected chi connectivity index (χ3v) is 2.19. The van der Waals surface area contributed by atoms with Crippen LogP contribution in [0.2, 0.25) is 0 Å². The summed E-state index contributed by atoms with van der Waals surface area (Å²) in [4.78, 5) is 11.0. The SMILES string of the molecule is COC(=O)C(F)(F)c1cc(OC)ccc1OC. The maximum absolute atomic E-state index is 13.7. The fraction of sp³-hybridized carbons (Fsp3) is 0.364. The van der Waals surface area contributed by atoms with E-state index in [-0.39, 0.29) is 11.5 Å². The van der Waals surface area contributed by atoms with Crippen molar-refractivity contribution in [3.63, 3.8) is 0 Å². The maximum Gasteiger partial charge on any atom is 0.381 e. The Morgan fingerprint density at radius 2 is 1.82 bits per heavy atom. The van der Waals surface area contributed by atoms with Gasteiger partial charge < -0.3 is 14.2 Å². The van der Waals surface area contributed by atoms with Gasteiger partial charge in [-0.05, 0) is 18.2 Å². The second-order valence-corrected chi connectivity index (χ2v) is 3.13. The van der Waals surface area contributed by atoms with Crippen LogP contribution in [0.3, 0.4) is 0 Å². The fourth-order valence-electron chi connectivity index (χ4n) is 1.30. The minimum absolute atomic E-state index is 0.110. The number of carbonyl (C=O) groups is 1. The summed E-state index contributed by atoms with van der Waals surface area (Å²) in [7, 11) is 3.46. The summed E-state index contributed by atoms with van der Waals surface area (Å²) in [6.45, 7) is 0. The molecule has 94 valence electrons. The number of alkyl halides is 2. The molecule has 0 amide bonds. The molecule has 0 N–H and O–H groups in total. The van der Waals surface area contributed by atoms with Gasteiger partial charge in [-0.1, -0.05) is 0 Å². The van der Waals surface area contributed by atoms with Gasteiger partial charge in [-0.15, -0.1) is 0 Å². The Bertz CT molecular complexity index is 418. The molecule has 0 fully saturated rings. The van der Waals surface area contributed by atoms with Gasteiger partial charge in [0.2, 0.25) is 0 Å². The van der Waals surface area contributed by atoms with E-state index in [4.69, 9.17) is 9.47 Å². The molecule has 1 aromatic rings. The van der Waals surface area contributed by atoms with Crippen LogP contribution in [0.1, 0.15) is 5.56 Å². The molecule has 1 aromatic carbocycles. The van der Waals surface area contributed by atoms with Gasteiger partial charge in [-0.25, -0.2) is 4.79 Å². The van der Waals surface area contributed by atoms with Gasteiger partial charge in [-0.2, -0.15) is 8.78 Å². The zero-order valence-electron chi connectivity index (χ0n) is 9.62. The minimum atomic E-state index is -3.78. The summed E-state index contributed by atoms with van der Waals surface area (Å²) >= 11 is 0. The van der Waals surface area contributed by atoms with Crippen LogP contribution < -0.4 is 9.47 Å². The molecule has 1 rings (SSSR count). The highest BCUT2D eigenvalue weighted by Gasteiger charge is 2.45. The number of carbonyl (C=O) groups excluding carboxylic acids is 1. The van der Waals surface area contributed by atoms with Crippen molar-refractivity contribution in [2.75, 3.05) is 21.3 Å². The molecule has 0 aliphatic carbocycles. The highest BCUT2D eigenvalue weighted by molar-refractivity contribution is 5.80. The van der Waals surface area contributed by atoms with Crippen molar-refractivity contribution in [3.05, 3.63) is 23.8 Å². The molecule has 17 heavy (non-hydrogen) atoms. The number of hydrogen-bond acceptors (Lipinski definition) is 4. The van der Waals surface area contributed by atoms with Crippen LogP contribution in [0.25, 0.3) is 0 Å². The number of halogens is 2. The lowest BCUT2D eigenvalue weighted by Gasteiger charge is -2.17. The lowest BCUT2D eigenvalue weighted by Crippen LogP contribution is -2.27. The Morgan fingerprint density at radius 3 is 2.29 bits per heavy atom. The molecule has 0 aliphatic rings. The second-order valence-electron chi connectivity index (χ2n) is 3.13. The van der Waals surface area contributed by atoms with Gasteiger partial charge in [0, 0.05) is 0 Å². The van der Waals surface area contributed by atoms with Crippen molar-refractivity contribution < 1.29 is 27.8 Å². The summed E-state index contributed by atoms with van der Waals surface area (Å²) in [6, 6.07) is 3.79. The highest BCUT2D eigenvalue weighted by atomic mass is 19.3. The number of rotatable bonds is 4. The molecular formula is C11H12F2O4. The fourth-order valence-corrected chi connectivity index (χ4v) is 1.30. The second kappa shape index (κ2) is 4.99. The molecule has 0 bridgehead atoms. The van der Waals surface area contributed by atoms with Gasteiger partial charge in [0.15, 0.2) is 0 Å². The van der Waals surface area contributed by atoms with E-state index in [1.54, 1.807) is 0 Å². The third-order valence-electron chi connectivity index (χ3n) is 2.19. The number of benzene rings is 1. The van der Waals surface area contributed by atoms with Crippen LogP contribution in [0, 0.1) is 0 Å². The molecular weight excluding hydrogens is 234 g/mol. The number of methoxy groups -OCH3 is 3. The average Bonchev–Trinajstić information content (AvgIpc) is 2.36. The monoisotopic (exact) mass is 246 g/mol. The molecule has 0 spiro atoms. The molecule has 0 radical (unpaired) electrons. The standard InChI is InChI=1S/C11H12F2O4/c1-15-7-4-5-9(16-2)8(6-7)11(12,13)10(14)17-3/h4-6H,1-3H3. The Balaban J connectivity index is 3.31. The van der Waals surface area contributed by atoms with Crippen molar-refractivity contribution in [2.24, 2.45) is 0 Å². The third kappa shape index (κ3) is 2.46. The van der Waals surface area contributed by atoms with Crippen LogP contribution in [-0.4, -0.2) is 27.3 Å². The Kier molecular flexibility index (Phi) is 3.88. The molecule has 4 nitrogen and oxygen atoms in total. The first-order chi connectivity index (χ1) is 7.97. The van der Waals surface area contributed by atoms with Gasteiger partial charge in [-0.3, -0.25) is 0 Å². The summed E-state index contributed by atoms with van der Waals surface area (Å²) in [5.41, 5.74) is -0.591. The zero-order valence-corrected chi connectivity index (χ0v) is 9.62. The van der Waals surface area contributed by atoms with Crippen LogP contribution in [0.5, 0.6) is 11.5 Å². The Morgan fingerprint density at radius 1 is 1.18 bits per heavy atom. The van der Waals surface area contributed by atoms with Crippen LogP contribution in [0.15, 0.2) is 18.2 Å². The minimum Gasteiger partial charge on any atom is -0.497 e. The van der Waals surface area contributed by atoms with Gasteiger partial charge in [0.25, 0.3) is 0 Å². The Hall–Kier alpha value is -1.85. The molecule has 0 saturated heterocycles. The normalized spacial score (nSPS) is 10.9. The van der Waals surface area contributed by atoms with Crippen molar-refractivity contribution in [3.8, 4) is 11.5 Å². The van der Waals surface area contributed by atoms with Crippen molar-refractivity contribution in [2.45, 2.75) is 5.92 Å². The summed E-state index contributed by atoms with van der Waals surface area (Å²) in [5, 5.41) is 0. The lowest BCUT2D eigenvalue weighted by atomic mass is 10.1. The molecule has 0 atom stereocenters. The molecule has 0 heterocycles. The van der Waals surface area contributed by atoms with E-state index in [2.05, 4.69) is 4.74 Å². The van der Waals surface area contributed by atoms with Crippen LogP contribution in [-0.2, 0) is 15.5 Å². The predicted molar refractivity (Wildman–Crippen MR) is 55.5 cm³/mol. The van der Waals surface area contributed by atoms with E-state index in [0.717, 1.165) is 13.2 Å². The molecule has 0 saturated carbocycles. The first kappa shape index (κ1) is 13.2. The molecule has 0 aliphatic heterocycles. The number of hydrogen-bond donors (Lipinski definition) is 0. The van der Waals surface area contributed by atoms with Crippen LogP contribution >= 0.6 is 0 Å². The van der Waals surface area contributed by atoms with E-state index in [1.807, 2.05) is 0 Å².